The van der Waals surface area contributed by atoms with E-state index in [0.29, 0.717) is 5.92 Å². The van der Waals surface area contributed by atoms with Crippen LogP contribution in [0.5, 0.6) is 0 Å². The maximum Gasteiger partial charge on any atom is 0.0948 e. The summed E-state index contributed by atoms with van der Waals surface area (Å²) >= 11 is 0. The van der Waals surface area contributed by atoms with Gasteiger partial charge in [0.05, 0.1) is 6.33 Å². The zero-order chi connectivity index (χ0) is 11.2. The number of rotatable bonds is 3. The minimum atomic E-state index is 0.630. The number of imidazole rings is 1. The van der Waals surface area contributed by atoms with Crippen LogP contribution in [-0.4, -0.2) is 22.6 Å². The molecule has 3 heteroatoms. The van der Waals surface area contributed by atoms with Crippen LogP contribution in [0.2, 0.25) is 0 Å². The summed E-state index contributed by atoms with van der Waals surface area (Å²) in [4.78, 5) is 4.26. The van der Waals surface area contributed by atoms with Gasteiger partial charge in [0, 0.05) is 37.3 Å². The van der Waals surface area contributed by atoms with Gasteiger partial charge in [-0.2, -0.15) is 0 Å². The van der Waals surface area contributed by atoms with Gasteiger partial charge in [-0.15, -0.1) is 11.8 Å². The van der Waals surface area contributed by atoms with Crippen LogP contribution in [0.1, 0.15) is 37.8 Å². The fraction of sp³-hybridized carbons (Fsp3) is 0.615. The van der Waals surface area contributed by atoms with Crippen LogP contribution in [0, 0.1) is 11.8 Å². The Morgan fingerprint density at radius 2 is 2.56 bits per heavy atom. The molecule has 0 aliphatic carbocycles. The SMILES string of the molecule is CC#CCCn1cncc1C1CCCNC1. The maximum atomic E-state index is 4.26. The minimum absolute atomic E-state index is 0.630. The van der Waals surface area contributed by atoms with Gasteiger partial charge in [0.2, 0.25) is 0 Å². The van der Waals surface area contributed by atoms with Gasteiger partial charge in [-0.05, 0) is 26.3 Å². The lowest BCUT2D eigenvalue weighted by atomic mass is 9.96. The monoisotopic (exact) mass is 217 g/mol. The minimum Gasteiger partial charge on any atom is -0.333 e. The van der Waals surface area contributed by atoms with E-state index in [2.05, 4.69) is 26.7 Å². The highest BCUT2D eigenvalue weighted by Gasteiger charge is 2.18. The second-order valence-corrected chi connectivity index (χ2v) is 4.23. The van der Waals surface area contributed by atoms with Crippen molar-refractivity contribution in [2.24, 2.45) is 0 Å². The summed E-state index contributed by atoms with van der Waals surface area (Å²) in [6.07, 6.45) is 7.40. The molecule has 0 spiro atoms. The van der Waals surface area contributed by atoms with E-state index in [0.717, 1.165) is 26.1 Å². The van der Waals surface area contributed by atoms with Gasteiger partial charge in [0.15, 0.2) is 0 Å². The molecule has 0 aromatic carbocycles. The van der Waals surface area contributed by atoms with Crippen LogP contribution in [0.3, 0.4) is 0 Å². The molecule has 1 aromatic heterocycles. The zero-order valence-electron chi connectivity index (χ0n) is 9.87. The highest BCUT2D eigenvalue weighted by Crippen LogP contribution is 2.22. The Kier molecular flexibility index (Phi) is 4.01. The van der Waals surface area contributed by atoms with Crippen LogP contribution in [0.15, 0.2) is 12.5 Å². The molecule has 86 valence electrons. The molecule has 2 heterocycles. The third kappa shape index (κ3) is 2.65. The summed E-state index contributed by atoms with van der Waals surface area (Å²) < 4.78 is 2.25. The first-order valence-electron chi connectivity index (χ1n) is 6.02. The molecule has 1 aliphatic heterocycles. The molecule has 3 nitrogen and oxygen atoms in total. The molecule has 1 unspecified atom stereocenters. The summed E-state index contributed by atoms with van der Waals surface area (Å²) in [5.41, 5.74) is 1.37. The van der Waals surface area contributed by atoms with Gasteiger partial charge in [-0.25, -0.2) is 4.98 Å². The molecular weight excluding hydrogens is 198 g/mol. The predicted molar refractivity (Wildman–Crippen MR) is 65.1 cm³/mol. The molecule has 2 rings (SSSR count). The van der Waals surface area contributed by atoms with Gasteiger partial charge < -0.3 is 9.88 Å². The summed E-state index contributed by atoms with van der Waals surface area (Å²) in [7, 11) is 0. The van der Waals surface area contributed by atoms with Crippen molar-refractivity contribution < 1.29 is 0 Å². The molecule has 1 aliphatic rings. The number of nitrogens with zero attached hydrogens (tertiary/aromatic N) is 2. The van der Waals surface area contributed by atoms with Gasteiger partial charge in [0.25, 0.3) is 0 Å². The first-order chi connectivity index (χ1) is 7.92. The van der Waals surface area contributed by atoms with Gasteiger partial charge >= 0.3 is 0 Å². The van der Waals surface area contributed by atoms with E-state index in [1.165, 1.54) is 18.5 Å². The van der Waals surface area contributed by atoms with Crippen molar-refractivity contribution >= 4 is 0 Å². The molecule has 1 fully saturated rings. The van der Waals surface area contributed by atoms with E-state index in [4.69, 9.17) is 0 Å². The summed E-state index contributed by atoms with van der Waals surface area (Å²) in [5.74, 6) is 6.67. The largest absolute Gasteiger partial charge is 0.333 e. The molecular formula is C13H19N3. The van der Waals surface area contributed by atoms with Crippen LogP contribution in [0.25, 0.3) is 0 Å². The van der Waals surface area contributed by atoms with Crippen LogP contribution >= 0.6 is 0 Å². The van der Waals surface area contributed by atoms with Crippen molar-refractivity contribution in [1.82, 2.24) is 14.9 Å². The lowest BCUT2D eigenvalue weighted by Gasteiger charge is -2.23. The number of aryl methyl sites for hydroxylation is 1. The summed E-state index contributed by atoms with van der Waals surface area (Å²) in [6.45, 7) is 5.10. The lowest BCUT2D eigenvalue weighted by Crippen LogP contribution is -2.29. The second-order valence-electron chi connectivity index (χ2n) is 4.23. The van der Waals surface area contributed by atoms with Crippen molar-refractivity contribution in [1.29, 1.82) is 0 Å². The third-order valence-electron chi connectivity index (χ3n) is 3.11. The highest BCUT2D eigenvalue weighted by molar-refractivity contribution is 5.09. The maximum absolute atomic E-state index is 4.26. The van der Waals surface area contributed by atoms with E-state index in [9.17, 15) is 0 Å². The Labute approximate surface area is 97.3 Å². The Morgan fingerprint density at radius 3 is 3.31 bits per heavy atom. The normalized spacial score (nSPS) is 20.2. The summed E-state index contributed by atoms with van der Waals surface area (Å²) in [6, 6.07) is 0. The smallest absolute Gasteiger partial charge is 0.0948 e. The van der Waals surface area contributed by atoms with Crippen molar-refractivity contribution in [2.75, 3.05) is 13.1 Å². The van der Waals surface area contributed by atoms with E-state index < -0.39 is 0 Å². The van der Waals surface area contributed by atoms with E-state index in [-0.39, 0.29) is 0 Å². The van der Waals surface area contributed by atoms with E-state index in [1.54, 1.807) is 0 Å². The van der Waals surface area contributed by atoms with Crippen LogP contribution < -0.4 is 5.32 Å². The van der Waals surface area contributed by atoms with Gasteiger partial charge in [-0.1, -0.05) is 0 Å². The molecule has 1 saturated heterocycles. The lowest BCUT2D eigenvalue weighted by molar-refractivity contribution is 0.441. The number of piperidine rings is 1. The molecule has 0 amide bonds. The van der Waals surface area contributed by atoms with E-state index in [1.807, 2.05) is 19.4 Å². The molecule has 0 bridgehead atoms. The first kappa shape index (κ1) is 11.2. The number of aromatic nitrogens is 2. The zero-order valence-corrected chi connectivity index (χ0v) is 9.87. The Hall–Kier alpha value is -1.27. The molecule has 0 saturated carbocycles. The van der Waals surface area contributed by atoms with Gasteiger partial charge in [0.1, 0.15) is 0 Å². The molecule has 1 aromatic rings. The highest BCUT2D eigenvalue weighted by atomic mass is 15.1. The number of hydrogen-bond acceptors (Lipinski definition) is 2. The Bertz CT molecular complexity index is 377. The van der Waals surface area contributed by atoms with Crippen LogP contribution in [0.4, 0.5) is 0 Å². The quantitative estimate of drug-likeness (QED) is 0.782. The molecule has 16 heavy (non-hydrogen) atoms. The fourth-order valence-electron chi connectivity index (χ4n) is 2.26. The molecule has 1 atom stereocenters. The van der Waals surface area contributed by atoms with Crippen LogP contribution in [-0.2, 0) is 6.54 Å². The summed E-state index contributed by atoms with van der Waals surface area (Å²) in [5, 5.41) is 3.45. The first-order valence-corrected chi connectivity index (χ1v) is 6.02. The fourth-order valence-corrected chi connectivity index (χ4v) is 2.26. The number of nitrogens with one attached hydrogen (secondary N) is 1. The second kappa shape index (κ2) is 5.72. The average Bonchev–Trinajstić information content (AvgIpc) is 2.79. The molecule has 0 radical (unpaired) electrons. The Balaban J connectivity index is 2.01. The van der Waals surface area contributed by atoms with Crippen molar-refractivity contribution in [3.8, 4) is 11.8 Å². The average molecular weight is 217 g/mol. The van der Waals surface area contributed by atoms with Crippen molar-refractivity contribution in [3.63, 3.8) is 0 Å². The predicted octanol–water partition coefficient (Wildman–Crippen LogP) is 1.76. The molecule has 1 N–H and O–H groups in total. The number of hydrogen-bond donors (Lipinski definition) is 1. The van der Waals surface area contributed by atoms with Crippen molar-refractivity contribution in [2.45, 2.75) is 38.6 Å². The third-order valence-corrected chi connectivity index (χ3v) is 3.11. The standard InChI is InChI=1S/C13H19N3/c1-2-3-4-8-16-11-15-10-13(16)12-6-5-7-14-9-12/h10-12,14H,4-9H2,1H3. The Morgan fingerprint density at radius 1 is 1.62 bits per heavy atom. The van der Waals surface area contributed by atoms with Gasteiger partial charge in [-0.3, -0.25) is 0 Å². The topological polar surface area (TPSA) is 29.9 Å². The van der Waals surface area contributed by atoms with E-state index >= 15 is 0 Å². The van der Waals surface area contributed by atoms with Crippen molar-refractivity contribution in [3.05, 3.63) is 18.2 Å².